The first-order chi connectivity index (χ1) is 15.7. The predicted octanol–water partition coefficient (Wildman–Crippen LogP) is 4.17. The minimum absolute atomic E-state index is 0.0461. The molecule has 7 nitrogen and oxygen atoms in total. The smallest absolute Gasteiger partial charge is 0.343 e. The van der Waals surface area contributed by atoms with Gasteiger partial charge in [-0.2, -0.15) is 0 Å². The molecule has 0 aromatic carbocycles. The Morgan fingerprint density at radius 3 is 2.52 bits per heavy atom. The topological polar surface area (TPSA) is 101 Å². The van der Waals surface area contributed by atoms with Gasteiger partial charge in [-0.3, -0.25) is 9.59 Å². The maximum Gasteiger partial charge on any atom is 0.343 e. The highest BCUT2D eigenvalue weighted by Crippen LogP contribution is 2.44. The van der Waals surface area contributed by atoms with Crippen molar-refractivity contribution in [1.29, 1.82) is 0 Å². The van der Waals surface area contributed by atoms with Crippen molar-refractivity contribution in [2.24, 2.45) is 0 Å². The number of aliphatic carboxylic acids is 1. The molecule has 2 aliphatic heterocycles. The van der Waals surface area contributed by atoms with Crippen molar-refractivity contribution < 1.29 is 29.0 Å². The molecular formula is C26H31NO6. The summed E-state index contributed by atoms with van der Waals surface area (Å²) in [5.74, 6) is -2.58. The van der Waals surface area contributed by atoms with E-state index in [1.165, 1.54) is 24.9 Å². The minimum atomic E-state index is -1.59. The number of carbonyl (C=O) groups excluding carboxylic acids is 3. The SMILES string of the molecule is C/C=C/C1=CC2=CC3=C(C(=O)CCCCCCC)C(=O)O[C@@]3(C)C(=O)C2=CN1[C@@H](C)C(=O)O. The number of hydrogen-bond acceptors (Lipinski definition) is 6. The van der Waals surface area contributed by atoms with Gasteiger partial charge in [-0.25, -0.2) is 9.59 Å². The number of fused-ring (bicyclic) bond motifs is 2. The Morgan fingerprint density at radius 2 is 1.88 bits per heavy atom. The molecule has 2 heterocycles. The molecule has 3 rings (SSSR count). The summed E-state index contributed by atoms with van der Waals surface area (Å²) >= 11 is 0. The molecule has 33 heavy (non-hydrogen) atoms. The second kappa shape index (κ2) is 9.73. The van der Waals surface area contributed by atoms with Gasteiger partial charge in [0, 0.05) is 29.5 Å². The number of carboxylic acids is 1. The van der Waals surface area contributed by atoms with Crippen molar-refractivity contribution in [3.8, 4) is 0 Å². The van der Waals surface area contributed by atoms with Gasteiger partial charge in [-0.1, -0.05) is 38.7 Å². The summed E-state index contributed by atoms with van der Waals surface area (Å²) in [5.41, 5.74) is 0.0243. The molecule has 0 saturated heterocycles. The quantitative estimate of drug-likeness (QED) is 0.301. The van der Waals surface area contributed by atoms with Crippen LogP contribution in [0.25, 0.3) is 0 Å². The van der Waals surface area contributed by atoms with E-state index in [-0.39, 0.29) is 23.4 Å². The maximum absolute atomic E-state index is 13.5. The molecular weight excluding hydrogens is 422 g/mol. The van der Waals surface area contributed by atoms with Gasteiger partial charge in [0.2, 0.25) is 5.78 Å². The Hall–Kier alpha value is -3.22. The molecule has 1 N–H and O–H groups in total. The number of hydrogen-bond donors (Lipinski definition) is 1. The van der Waals surface area contributed by atoms with Crippen LogP contribution >= 0.6 is 0 Å². The van der Waals surface area contributed by atoms with Crippen LogP contribution in [0.2, 0.25) is 0 Å². The number of Topliss-reactive ketones (excluding diaryl/α,β-unsaturated/α-hetero) is 2. The zero-order valence-electron chi connectivity index (χ0n) is 19.6. The lowest BCUT2D eigenvalue weighted by Crippen LogP contribution is -2.44. The van der Waals surface area contributed by atoms with Gasteiger partial charge < -0.3 is 14.7 Å². The molecule has 0 radical (unpaired) electrons. The van der Waals surface area contributed by atoms with Gasteiger partial charge in [0.25, 0.3) is 0 Å². The van der Waals surface area contributed by atoms with Gasteiger partial charge in [0.15, 0.2) is 11.4 Å². The Labute approximate surface area is 194 Å². The molecule has 0 spiro atoms. The van der Waals surface area contributed by atoms with Crippen LogP contribution in [0.1, 0.15) is 66.2 Å². The lowest BCUT2D eigenvalue weighted by Gasteiger charge is -2.35. The molecule has 1 aliphatic carbocycles. The van der Waals surface area contributed by atoms with E-state index in [1.807, 2.05) is 6.92 Å². The Balaban J connectivity index is 2.01. The summed E-state index contributed by atoms with van der Waals surface area (Å²) in [5, 5.41) is 9.50. The second-order valence-corrected chi connectivity index (χ2v) is 8.76. The van der Waals surface area contributed by atoms with E-state index < -0.39 is 29.4 Å². The van der Waals surface area contributed by atoms with Gasteiger partial charge in [-0.15, -0.1) is 0 Å². The number of nitrogens with zero attached hydrogens (tertiary/aromatic N) is 1. The Morgan fingerprint density at radius 1 is 1.18 bits per heavy atom. The Kier molecular flexibility index (Phi) is 7.20. The van der Waals surface area contributed by atoms with E-state index in [1.54, 1.807) is 24.3 Å². The molecule has 0 unspecified atom stereocenters. The molecule has 0 bridgehead atoms. The van der Waals surface area contributed by atoms with E-state index in [2.05, 4.69) is 6.92 Å². The van der Waals surface area contributed by atoms with Gasteiger partial charge in [0.05, 0.1) is 0 Å². The average molecular weight is 454 g/mol. The molecule has 0 saturated carbocycles. The number of ether oxygens (including phenoxy) is 1. The van der Waals surface area contributed by atoms with Crippen molar-refractivity contribution in [2.45, 2.75) is 77.9 Å². The van der Waals surface area contributed by atoms with Crippen molar-refractivity contribution in [3.63, 3.8) is 0 Å². The third-order valence-electron chi connectivity index (χ3n) is 6.34. The lowest BCUT2D eigenvalue weighted by atomic mass is 9.76. The van der Waals surface area contributed by atoms with E-state index >= 15 is 0 Å². The standard InChI is InChI=1S/C26H31NO6/c1-5-7-8-9-10-12-21(28)22-20-14-17-13-18(11-6-2)27(16(3)24(30)31)15-19(17)23(29)26(20,4)33-25(22)32/h6,11,13-16H,5,7-10,12H2,1-4H3,(H,30,31)/b11-6+/t16-,26+/m0/s1. The molecule has 0 fully saturated rings. The van der Waals surface area contributed by atoms with Gasteiger partial charge in [-0.05, 0) is 51.0 Å². The van der Waals surface area contributed by atoms with Crippen molar-refractivity contribution in [3.05, 3.63) is 58.5 Å². The highest BCUT2D eigenvalue weighted by Gasteiger charge is 2.54. The van der Waals surface area contributed by atoms with Crippen LogP contribution in [-0.4, -0.2) is 45.2 Å². The lowest BCUT2D eigenvalue weighted by molar-refractivity contribution is -0.153. The van der Waals surface area contributed by atoms with Gasteiger partial charge in [0.1, 0.15) is 11.6 Å². The molecule has 3 aliphatic rings. The first-order valence-electron chi connectivity index (χ1n) is 11.5. The molecule has 7 heteroatoms. The third-order valence-corrected chi connectivity index (χ3v) is 6.34. The van der Waals surface area contributed by atoms with Crippen LogP contribution in [0.4, 0.5) is 0 Å². The van der Waals surface area contributed by atoms with Crippen LogP contribution in [0.15, 0.2) is 58.5 Å². The third kappa shape index (κ3) is 4.49. The highest BCUT2D eigenvalue weighted by molar-refractivity contribution is 6.25. The first-order valence-corrected chi connectivity index (χ1v) is 11.5. The largest absolute Gasteiger partial charge is 0.480 e. The molecule has 0 amide bonds. The van der Waals surface area contributed by atoms with Gasteiger partial charge >= 0.3 is 11.9 Å². The van der Waals surface area contributed by atoms with Crippen LogP contribution in [-0.2, 0) is 23.9 Å². The number of carbonyl (C=O) groups is 4. The zero-order chi connectivity index (χ0) is 24.3. The summed E-state index contributed by atoms with van der Waals surface area (Å²) in [4.78, 5) is 52.2. The maximum atomic E-state index is 13.5. The molecule has 0 aromatic rings. The molecule has 0 aromatic heterocycles. The summed E-state index contributed by atoms with van der Waals surface area (Å²) in [7, 11) is 0. The van der Waals surface area contributed by atoms with Crippen LogP contribution in [0.3, 0.4) is 0 Å². The number of esters is 1. The van der Waals surface area contributed by atoms with Crippen molar-refractivity contribution in [2.75, 3.05) is 0 Å². The fourth-order valence-corrected chi connectivity index (χ4v) is 4.38. The summed E-state index contributed by atoms with van der Waals surface area (Å²) in [6, 6.07) is -0.907. The summed E-state index contributed by atoms with van der Waals surface area (Å²) in [6.45, 7) is 6.95. The normalized spacial score (nSPS) is 23.0. The van der Waals surface area contributed by atoms with E-state index in [0.717, 1.165) is 25.7 Å². The van der Waals surface area contributed by atoms with Crippen LogP contribution < -0.4 is 0 Å². The summed E-state index contributed by atoms with van der Waals surface area (Å²) < 4.78 is 5.47. The van der Waals surface area contributed by atoms with E-state index in [4.69, 9.17) is 4.74 Å². The second-order valence-electron chi connectivity index (χ2n) is 8.76. The van der Waals surface area contributed by atoms with E-state index in [0.29, 0.717) is 23.3 Å². The molecule has 176 valence electrons. The highest BCUT2D eigenvalue weighted by atomic mass is 16.6. The number of carboxylic acid groups (broad SMARTS) is 1. The average Bonchev–Trinajstić information content (AvgIpc) is 3.03. The minimum Gasteiger partial charge on any atom is -0.480 e. The van der Waals surface area contributed by atoms with E-state index in [9.17, 15) is 24.3 Å². The Bertz CT molecular complexity index is 1040. The number of ketones is 2. The zero-order valence-corrected chi connectivity index (χ0v) is 19.6. The predicted molar refractivity (Wildman–Crippen MR) is 123 cm³/mol. The van der Waals surface area contributed by atoms with Crippen molar-refractivity contribution >= 4 is 23.5 Å². The van der Waals surface area contributed by atoms with Crippen LogP contribution in [0, 0.1) is 0 Å². The molecule has 2 atom stereocenters. The number of rotatable bonds is 10. The van der Waals surface area contributed by atoms with Crippen molar-refractivity contribution in [1.82, 2.24) is 4.90 Å². The number of unbranched alkanes of at least 4 members (excludes halogenated alkanes) is 4. The first kappa shape index (κ1) is 24.4. The fourth-order valence-electron chi connectivity index (χ4n) is 4.38. The number of allylic oxidation sites excluding steroid dienone is 4. The summed E-state index contributed by atoms with van der Waals surface area (Å²) in [6.07, 6.45) is 13.5. The fraction of sp³-hybridized carbons (Fsp3) is 0.462. The monoisotopic (exact) mass is 453 g/mol. The van der Waals surface area contributed by atoms with Crippen LogP contribution in [0.5, 0.6) is 0 Å².